The first kappa shape index (κ1) is 17.3. The summed E-state index contributed by atoms with van der Waals surface area (Å²) in [6.45, 7) is 1.30. The number of anilines is 1. The van der Waals surface area contributed by atoms with Gasteiger partial charge in [-0.05, 0) is 24.3 Å². The molecule has 1 aromatic rings. The average molecular weight is 323 g/mol. The molecule has 0 fully saturated rings. The van der Waals surface area contributed by atoms with Gasteiger partial charge in [-0.2, -0.15) is 13.2 Å². The SMILES string of the molecule is CC(=O)Nc1ccc(SCC(O)(C(=O)O)C(F)(F)F)cc1. The van der Waals surface area contributed by atoms with Crippen molar-refractivity contribution in [3.8, 4) is 0 Å². The van der Waals surface area contributed by atoms with Gasteiger partial charge in [0.05, 0.1) is 0 Å². The Morgan fingerprint density at radius 1 is 1.24 bits per heavy atom. The first-order valence-electron chi connectivity index (χ1n) is 5.59. The summed E-state index contributed by atoms with van der Waals surface area (Å²) in [4.78, 5) is 21.8. The van der Waals surface area contributed by atoms with Crippen LogP contribution in [0.25, 0.3) is 0 Å². The molecule has 5 nitrogen and oxygen atoms in total. The molecular formula is C12H12F3NO4S. The Balaban J connectivity index is 2.78. The molecule has 0 aliphatic carbocycles. The Hall–Kier alpha value is -1.74. The fourth-order valence-corrected chi connectivity index (χ4v) is 2.28. The number of hydrogen-bond donors (Lipinski definition) is 3. The third-order valence-electron chi connectivity index (χ3n) is 2.45. The van der Waals surface area contributed by atoms with Gasteiger partial charge in [-0.1, -0.05) is 0 Å². The number of thioether (sulfide) groups is 1. The van der Waals surface area contributed by atoms with Crippen molar-refractivity contribution in [2.24, 2.45) is 0 Å². The number of nitrogens with one attached hydrogen (secondary N) is 1. The number of carboxylic acid groups (broad SMARTS) is 1. The lowest BCUT2D eigenvalue weighted by atomic mass is 10.1. The standard InChI is InChI=1S/C12H12F3NO4S/c1-7(17)16-8-2-4-9(5-3-8)21-6-11(20,10(18)19)12(13,14)15/h2-5,20H,6H2,1H3,(H,16,17)(H,18,19). The van der Waals surface area contributed by atoms with Gasteiger partial charge in [0.25, 0.3) is 5.60 Å². The second-order valence-electron chi connectivity index (χ2n) is 4.16. The quantitative estimate of drug-likeness (QED) is 0.723. The van der Waals surface area contributed by atoms with Crippen LogP contribution in [0.5, 0.6) is 0 Å². The zero-order valence-corrected chi connectivity index (χ0v) is 11.6. The monoisotopic (exact) mass is 323 g/mol. The van der Waals surface area contributed by atoms with Crippen molar-refractivity contribution in [1.82, 2.24) is 0 Å². The second-order valence-corrected chi connectivity index (χ2v) is 5.21. The van der Waals surface area contributed by atoms with Gasteiger partial charge in [0.15, 0.2) is 0 Å². The lowest BCUT2D eigenvalue weighted by molar-refractivity contribution is -0.251. The van der Waals surface area contributed by atoms with Crippen molar-refractivity contribution < 1.29 is 33.0 Å². The number of carbonyl (C=O) groups is 2. The minimum absolute atomic E-state index is 0.298. The number of aliphatic hydroxyl groups is 1. The minimum atomic E-state index is -5.28. The zero-order chi connectivity index (χ0) is 16.3. The highest BCUT2D eigenvalue weighted by Gasteiger charge is 2.60. The Kier molecular flexibility index (Phi) is 5.24. The summed E-state index contributed by atoms with van der Waals surface area (Å²) < 4.78 is 37.7. The normalized spacial score (nSPS) is 14.3. The van der Waals surface area contributed by atoms with Crippen molar-refractivity contribution in [3.05, 3.63) is 24.3 Å². The van der Waals surface area contributed by atoms with E-state index in [1.807, 2.05) is 0 Å². The molecule has 21 heavy (non-hydrogen) atoms. The van der Waals surface area contributed by atoms with E-state index in [0.29, 0.717) is 22.3 Å². The van der Waals surface area contributed by atoms with E-state index in [0.717, 1.165) is 0 Å². The number of carbonyl (C=O) groups excluding carboxylic acids is 1. The lowest BCUT2D eigenvalue weighted by Crippen LogP contribution is -2.54. The van der Waals surface area contributed by atoms with E-state index in [1.54, 1.807) is 0 Å². The molecule has 1 atom stereocenters. The molecule has 0 aliphatic heterocycles. The summed E-state index contributed by atoms with van der Waals surface area (Å²) in [5, 5.41) is 20.3. The predicted molar refractivity (Wildman–Crippen MR) is 70.1 cm³/mol. The predicted octanol–water partition coefficient (Wildman–Crippen LogP) is 2.12. The van der Waals surface area contributed by atoms with E-state index in [1.165, 1.54) is 31.2 Å². The topological polar surface area (TPSA) is 86.6 Å². The Morgan fingerprint density at radius 2 is 1.76 bits per heavy atom. The number of carboxylic acids is 1. The van der Waals surface area contributed by atoms with Crippen LogP contribution in [0.15, 0.2) is 29.2 Å². The van der Waals surface area contributed by atoms with E-state index < -0.39 is 23.5 Å². The molecule has 1 rings (SSSR count). The van der Waals surface area contributed by atoms with Crippen molar-refractivity contribution >= 4 is 29.3 Å². The van der Waals surface area contributed by atoms with Crippen LogP contribution >= 0.6 is 11.8 Å². The Morgan fingerprint density at radius 3 is 2.14 bits per heavy atom. The molecule has 0 aromatic heterocycles. The van der Waals surface area contributed by atoms with Gasteiger partial charge in [-0.15, -0.1) is 11.8 Å². The van der Waals surface area contributed by atoms with Crippen LogP contribution in [0.4, 0.5) is 18.9 Å². The summed E-state index contributed by atoms with van der Waals surface area (Å²) in [7, 11) is 0. The van der Waals surface area contributed by atoms with Gasteiger partial charge in [-0.25, -0.2) is 4.79 Å². The van der Waals surface area contributed by atoms with Gasteiger partial charge in [0.2, 0.25) is 5.91 Å². The van der Waals surface area contributed by atoms with Crippen molar-refractivity contribution in [2.75, 3.05) is 11.1 Å². The molecule has 3 N–H and O–H groups in total. The molecule has 1 aromatic carbocycles. The summed E-state index contributed by atoms with van der Waals surface area (Å²) in [5.41, 5.74) is -3.36. The molecule has 9 heteroatoms. The number of amides is 1. The lowest BCUT2D eigenvalue weighted by Gasteiger charge is -2.25. The molecule has 0 aliphatic rings. The number of aliphatic carboxylic acids is 1. The summed E-state index contributed by atoms with van der Waals surface area (Å²) in [5.74, 6) is -3.73. The van der Waals surface area contributed by atoms with E-state index in [9.17, 15) is 27.9 Å². The van der Waals surface area contributed by atoms with E-state index in [-0.39, 0.29) is 5.91 Å². The van der Waals surface area contributed by atoms with Gasteiger partial charge in [0.1, 0.15) is 0 Å². The van der Waals surface area contributed by atoms with Crippen molar-refractivity contribution in [2.45, 2.75) is 23.6 Å². The highest BCUT2D eigenvalue weighted by atomic mass is 32.2. The van der Waals surface area contributed by atoms with E-state index in [2.05, 4.69) is 5.32 Å². The van der Waals surface area contributed by atoms with Crippen LogP contribution in [0.2, 0.25) is 0 Å². The van der Waals surface area contributed by atoms with Gasteiger partial charge in [0, 0.05) is 23.3 Å². The van der Waals surface area contributed by atoms with Crippen molar-refractivity contribution in [3.63, 3.8) is 0 Å². The Labute approximate surface area is 122 Å². The molecule has 1 unspecified atom stereocenters. The molecule has 0 spiro atoms. The third kappa shape index (κ3) is 4.36. The molecule has 1 amide bonds. The average Bonchev–Trinajstić information content (AvgIpc) is 2.35. The maximum absolute atomic E-state index is 12.6. The smallest absolute Gasteiger partial charge is 0.429 e. The summed E-state index contributed by atoms with van der Waals surface area (Å²) >= 11 is 0.547. The number of hydrogen-bond acceptors (Lipinski definition) is 4. The summed E-state index contributed by atoms with van der Waals surface area (Å²) in [6.07, 6.45) is -5.28. The van der Waals surface area contributed by atoms with Gasteiger partial charge < -0.3 is 15.5 Å². The molecule has 0 saturated heterocycles. The number of halogens is 3. The van der Waals surface area contributed by atoms with Crippen LogP contribution < -0.4 is 5.32 Å². The van der Waals surface area contributed by atoms with Gasteiger partial charge in [-0.3, -0.25) is 4.79 Å². The number of rotatable bonds is 5. The van der Waals surface area contributed by atoms with Crippen LogP contribution in [0.3, 0.4) is 0 Å². The fraction of sp³-hybridized carbons (Fsp3) is 0.333. The first-order chi connectivity index (χ1) is 9.56. The van der Waals surface area contributed by atoms with E-state index >= 15 is 0 Å². The molecule has 0 radical (unpaired) electrons. The molecule has 116 valence electrons. The van der Waals surface area contributed by atoms with E-state index in [4.69, 9.17) is 5.11 Å². The maximum Gasteiger partial charge on any atom is 0.429 e. The van der Waals surface area contributed by atoms with Crippen molar-refractivity contribution in [1.29, 1.82) is 0 Å². The molecular weight excluding hydrogens is 311 g/mol. The van der Waals surface area contributed by atoms with Gasteiger partial charge >= 0.3 is 12.1 Å². The summed E-state index contributed by atoms with van der Waals surface area (Å²) in [6, 6.07) is 5.73. The highest BCUT2D eigenvalue weighted by molar-refractivity contribution is 7.99. The first-order valence-corrected chi connectivity index (χ1v) is 6.58. The Bertz CT molecular complexity index is 532. The molecule has 0 saturated carbocycles. The largest absolute Gasteiger partial charge is 0.479 e. The van der Waals surface area contributed by atoms with Crippen LogP contribution in [0.1, 0.15) is 6.92 Å². The minimum Gasteiger partial charge on any atom is -0.479 e. The fourth-order valence-electron chi connectivity index (χ4n) is 1.29. The molecule has 0 bridgehead atoms. The molecule has 0 heterocycles. The number of alkyl halides is 3. The van der Waals surface area contributed by atoms with Crippen LogP contribution in [-0.4, -0.2) is 39.6 Å². The van der Waals surface area contributed by atoms with Crippen LogP contribution in [-0.2, 0) is 9.59 Å². The van der Waals surface area contributed by atoms with Crippen LogP contribution in [0, 0.1) is 0 Å². The zero-order valence-electron chi connectivity index (χ0n) is 10.8. The third-order valence-corrected chi connectivity index (χ3v) is 3.61. The second kappa shape index (κ2) is 6.35. The maximum atomic E-state index is 12.6. The highest BCUT2D eigenvalue weighted by Crippen LogP contribution is 2.35. The number of benzene rings is 1.